The van der Waals surface area contributed by atoms with Gasteiger partial charge >= 0.3 is 39.5 Å². The summed E-state index contributed by atoms with van der Waals surface area (Å²) in [6.07, 6.45) is 47.3. The molecule has 0 aromatic rings. The Morgan fingerprint density at radius 1 is 0.303 bits per heavy atom. The lowest BCUT2D eigenvalue weighted by Gasteiger charge is -2.21. The van der Waals surface area contributed by atoms with E-state index in [0.29, 0.717) is 25.7 Å². The van der Waals surface area contributed by atoms with Crippen LogP contribution in [0, 0.1) is 11.8 Å². The molecule has 0 saturated heterocycles. The molecule has 3 N–H and O–H groups in total. The molecule has 0 heterocycles. The first-order valence-corrected chi connectivity index (χ1v) is 39.5. The summed E-state index contributed by atoms with van der Waals surface area (Å²) in [7, 11) is -9.89. The van der Waals surface area contributed by atoms with E-state index in [0.717, 1.165) is 115 Å². The van der Waals surface area contributed by atoms with Gasteiger partial charge in [0.2, 0.25) is 0 Å². The molecule has 0 aliphatic rings. The Morgan fingerprint density at radius 2 is 0.517 bits per heavy atom. The van der Waals surface area contributed by atoms with E-state index in [2.05, 4.69) is 41.5 Å². The van der Waals surface area contributed by atoms with Crippen LogP contribution >= 0.6 is 15.6 Å². The van der Waals surface area contributed by atoms with Crippen LogP contribution in [-0.4, -0.2) is 96.7 Å². The fraction of sp³-hybridized carbons (Fsp3) is 0.943. The first-order chi connectivity index (χ1) is 42.9. The van der Waals surface area contributed by atoms with Crippen LogP contribution < -0.4 is 0 Å². The van der Waals surface area contributed by atoms with Crippen molar-refractivity contribution in [2.75, 3.05) is 39.6 Å². The zero-order chi connectivity index (χ0) is 65.7. The maximum absolute atomic E-state index is 13.0. The van der Waals surface area contributed by atoms with Crippen molar-refractivity contribution in [2.24, 2.45) is 11.8 Å². The molecule has 0 rings (SSSR count). The van der Waals surface area contributed by atoms with E-state index >= 15 is 0 Å². The van der Waals surface area contributed by atoms with E-state index in [-0.39, 0.29) is 25.7 Å². The number of hydrogen-bond acceptors (Lipinski definition) is 15. The third kappa shape index (κ3) is 64.6. The highest BCUT2D eigenvalue weighted by atomic mass is 31.2. The van der Waals surface area contributed by atoms with Gasteiger partial charge in [0, 0.05) is 25.7 Å². The van der Waals surface area contributed by atoms with Crippen LogP contribution in [0.2, 0.25) is 0 Å². The largest absolute Gasteiger partial charge is 0.472 e. The van der Waals surface area contributed by atoms with Crippen molar-refractivity contribution in [1.82, 2.24) is 0 Å². The molecule has 5 atom stereocenters. The Balaban J connectivity index is 5.19. The summed E-state index contributed by atoms with van der Waals surface area (Å²) in [5.41, 5.74) is 0. The predicted octanol–water partition coefficient (Wildman–Crippen LogP) is 20.0. The summed E-state index contributed by atoms with van der Waals surface area (Å²) in [5.74, 6) is -0.555. The van der Waals surface area contributed by atoms with Crippen LogP contribution in [0.15, 0.2) is 0 Å². The van der Waals surface area contributed by atoms with Gasteiger partial charge < -0.3 is 33.8 Å². The molecule has 0 aliphatic carbocycles. The van der Waals surface area contributed by atoms with Crippen molar-refractivity contribution in [3.8, 4) is 0 Å². The number of aliphatic hydroxyl groups excluding tert-OH is 1. The van der Waals surface area contributed by atoms with Crippen LogP contribution in [0.4, 0.5) is 0 Å². The summed E-state index contributed by atoms with van der Waals surface area (Å²) in [6, 6.07) is 0. The highest BCUT2D eigenvalue weighted by Gasteiger charge is 2.30. The molecule has 0 bridgehead atoms. The summed E-state index contributed by atoms with van der Waals surface area (Å²) in [5, 5.41) is 10.6. The van der Waals surface area contributed by atoms with E-state index in [1.165, 1.54) is 161 Å². The van der Waals surface area contributed by atoms with Crippen LogP contribution in [0.3, 0.4) is 0 Å². The maximum atomic E-state index is 13.0. The Bertz CT molecular complexity index is 1730. The number of carbonyl (C=O) groups is 4. The normalized spacial score (nSPS) is 14.1. The van der Waals surface area contributed by atoms with Gasteiger partial charge in [-0.15, -0.1) is 0 Å². The topological polar surface area (TPSA) is 237 Å². The van der Waals surface area contributed by atoms with Gasteiger partial charge in [0.25, 0.3) is 0 Å². The van der Waals surface area contributed by atoms with E-state index < -0.39 is 97.5 Å². The van der Waals surface area contributed by atoms with Crippen LogP contribution in [0.1, 0.15) is 356 Å². The maximum Gasteiger partial charge on any atom is 0.472 e. The molecule has 0 fully saturated rings. The van der Waals surface area contributed by atoms with Gasteiger partial charge in [-0.3, -0.25) is 37.3 Å². The van der Waals surface area contributed by atoms with Gasteiger partial charge in [-0.1, -0.05) is 305 Å². The van der Waals surface area contributed by atoms with Crippen molar-refractivity contribution < 1.29 is 80.2 Å². The Hall–Kier alpha value is -1.94. The highest BCUT2D eigenvalue weighted by Crippen LogP contribution is 2.45. The zero-order valence-corrected chi connectivity index (χ0v) is 59.5. The number of unbranched alkanes of at least 4 members (excludes halogenated alkanes) is 39. The number of rotatable bonds is 69. The number of phosphoric acid groups is 2. The Morgan fingerprint density at radius 3 is 0.764 bits per heavy atom. The van der Waals surface area contributed by atoms with Gasteiger partial charge in [-0.05, 0) is 37.5 Å². The number of aliphatic hydroxyl groups is 1. The second-order valence-electron chi connectivity index (χ2n) is 26.2. The van der Waals surface area contributed by atoms with E-state index in [4.69, 9.17) is 37.0 Å². The highest BCUT2D eigenvalue weighted by molar-refractivity contribution is 7.47. The first kappa shape index (κ1) is 87.1. The fourth-order valence-corrected chi connectivity index (χ4v) is 12.2. The second-order valence-corrected chi connectivity index (χ2v) is 29.1. The van der Waals surface area contributed by atoms with Crippen LogP contribution in [0.25, 0.3) is 0 Å². The number of phosphoric ester groups is 2. The molecule has 0 aliphatic heterocycles. The SMILES string of the molecule is CCCCCCCCCCCCC(=O)O[C@H](COC(=O)CCCCCCCCC)COP(=O)(O)OC[C@H](O)COP(=O)(O)OC[C@@H](COC(=O)CCCCCCCCCCCCCC(C)C)OC(=O)CCCCCCCCCCCCCCCCCC(C)C. The summed E-state index contributed by atoms with van der Waals surface area (Å²) >= 11 is 0. The molecule has 528 valence electrons. The van der Waals surface area contributed by atoms with Crippen molar-refractivity contribution in [1.29, 1.82) is 0 Å². The zero-order valence-electron chi connectivity index (χ0n) is 57.7. The van der Waals surface area contributed by atoms with Gasteiger partial charge in [0.05, 0.1) is 26.4 Å². The monoisotopic (exact) mass is 1310 g/mol. The number of carbonyl (C=O) groups excluding carboxylic acids is 4. The van der Waals surface area contributed by atoms with Gasteiger partial charge in [0.15, 0.2) is 12.2 Å². The predicted molar refractivity (Wildman–Crippen MR) is 358 cm³/mol. The molecule has 0 amide bonds. The molecule has 89 heavy (non-hydrogen) atoms. The minimum absolute atomic E-state index is 0.106. The average Bonchev–Trinajstić information content (AvgIpc) is 3.63. The first-order valence-electron chi connectivity index (χ1n) is 36.5. The number of esters is 4. The van der Waals surface area contributed by atoms with Crippen LogP contribution in [-0.2, 0) is 65.4 Å². The molecular formula is C70H136O17P2. The molecule has 0 aromatic carbocycles. The van der Waals surface area contributed by atoms with Crippen molar-refractivity contribution in [3.05, 3.63) is 0 Å². The van der Waals surface area contributed by atoms with Gasteiger partial charge in [-0.25, -0.2) is 9.13 Å². The molecule has 2 unspecified atom stereocenters. The molecule has 0 spiro atoms. The van der Waals surface area contributed by atoms with Crippen molar-refractivity contribution >= 4 is 39.5 Å². The fourth-order valence-electron chi connectivity index (χ4n) is 10.6. The molecule has 0 saturated carbocycles. The molecular weight excluding hydrogens is 1170 g/mol. The van der Waals surface area contributed by atoms with Crippen LogP contribution in [0.5, 0.6) is 0 Å². The lowest BCUT2D eigenvalue weighted by molar-refractivity contribution is -0.161. The quantitative estimate of drug-likeness (QED) is 0.0222. The van der Waals surface area contributed by atoms with E-state index in [1.807, 2.05) is 0 Å². The third-order valence-electron chi connectivity index (χ3n) is 16.2. The molecule has 0 radical (unpaired) electrons. The standard InChI is InChI=1S/C70H136O17P2/c1-7-9-11-13-15-16-29-36-42-48-54-69(74)86-65(58-80-67(72)52-46-40-32-14-12-10-8-2)60-84-88(76,77)82-56-64(71)57-83-89(78,79)85-61-66(59-81-68(73)53-47-41-35-30-26-22-24-28-34-39-45-51-63(5)6)87-70(75)55-49-43-37-31-25-21-19-17-18-20-23-27-33-38-44-50-62(3)4/h62-66,71H,7-61H2,1-6H3,(H,76,77)(H,78,79)/t64-,65+,66+/m0/s1. The van der Waals surface area contributed by atoms with E-state index in [1.54, 1.807) is 0 Å². The minimum atomic E-state index is -4.95. The number of hydrogen-bond donors (Lipinski definition) is 3. The molecule has 17 nitrogen and oxygen atoms in total. The summed E-state index contributed by atoms with van der Waals surface area (Å²) in [4.78, 5) is 72.4. The third-order valence-corrected chi connectivity index (χ3v) is 18.1. The second kappa shape index (κ2) is 62.2. The summed E-state index contributed by atoms with van der Waals surface area (Å²) in [6.45, 7) is 9.53. The Kier molecular flexibility index (Phi) is 60.8. The van der Waals surface area contributed by atoms with E-state index in [9.17, 15) is 43.2 Å². The smallest absolute Gasteiger partial charge is 0.462 e. The molecule has 19 heteroatoms. The molecule has 0 aromatic heterocycles. The lowest BCUT2D eigenvalue weighted by Crippen LogP contribution is -2.30. The Labute approximate surface area is 543 Å². The summed E-state index contributed by atoms with van der Waals surface area (Å²) < 4.78 is 68.1. The van der Waals surface area contributed by atoms with Crippen molar-refractivity contribution in [3.63, 3.8) is 0 Å². The van der Waals surface area contributed by atoms with Crippen molar-refractivity contribution in [2.45, 2.75) is 374 Å². The van der Waals surface area contributed by atoms with Gasteiger partial charge in [0.1, 0.15) is 19.3 Å². The average molecular weight is 1310 g/mol. The minimum Gasteiger partial charge on any atom is -0.462 e. The number of ether oxygens (including phenoxy) is 4. The van der Waals surface area contributed by atoms with Gasteiger partial charge in [-0.2, -0.15) is 0 Å². The lowest BCUT2D eigenvalue weighted by atomic mass is 10.0.